The number of carbonyl (C=O) groups is 2. The highest BCUT2D eigenvalue weighted by Gasteiger charge is 2.28. The lowest BCUT2D eigenvalue weighted by molar-refractivity contribution is -0.117. The predicted octanol–water partition coefficient (Wildman–Crippen LogP) is 3.58. The van der Waals surface area contributed by atoms with E-state index in [2.05, 4.69) is 12.2 Å². The van der Waals surface area contributed by atoms with Gasteiger partial charge in [-0.1, -0.05) is 25.5 Å². The molecule has 0 spiro atoms. The first kappa shape index (κ1) is 16.5. The van der Waals surface area contributed by atoms with Crippen LogP contribution in [0.3, 0.4) is 0 Å². The van der Waals surface area contributed by atoms with Crippen molar-refractivity contribution in [3.05, 3.63) is 54.0 Å². The minimum Gasteiger partial charge on any atom is -0.472 e. The van der Waals surface area contributed by atoms with Crippen LogP contribution in [0, 0.1) is 17.2 Å². The maximum absolute atomic E-state index is 12.2. The monoisotopic (exact) mass is 310 g/mol. The molecular weight excluding hydrogens is 292 g/mol. The second kappa shape index (κ2) is 7.95. The van der Waals surface area contributed by atoms with Gasteiger partial charge in [-0.2, -0.15) is 5.26 Å². The highest BCUT2D eigenvalue weighted by atomic mass is 16.3. The first-order valence-corrected chi connectivity index (χ1v) is 7.51. The molecule has 0 aliphatic heterocycles. The van der Waals surface area contributed by atoms with E-state index in [1.165, 1.54) is 24.2 Å². The van der Waals surface area contributed by atoms with E-state index in [4.69, 9.17) is 9.68 Å². The lowest BCUT2D eigenvalue weighted by Gasteiger charge is -2.09. The third-order valence-electron chi connectivity index (χ3n) is 3.50. The Bertz CT molecular complexity index is 697. The van der Waals surface area contributed by atoms with Crippen LogP contribution >= 0.6 is 0 Å². The smallest absolute Gasteiger partial charge is 0.249 e. The summed E-state index contributed by atoms with van der Waals surface area (Å²) in [6.45, 7) is 2.13. The molecule has 5 nitrogen and oxygen atoms in total. The minimum absolute atomic E-state index is 0.210. The molecule has 2 rings (SSSR count). The van der Waals surface area contributed by atoms with Gasteiger partial charge in [-0.3, -0.25) is 9.59 Å². The predicted molar refractivity (Wildman–Crippen MR) is 85.8 cm³/mol. The SMILES string of the molecule is CCCCc1ccc(NC(=O)[C@@H](C#N)C(=O)c2ccoc2)cc1. The van der Waals surface area contributed by atoms with Crippen molar-refractivity contribution >= 4 is 17.4 Å². The Balaban J connectivity index is 2.02. The number of rotatable bonds is 7. The fraction of sp³-hybridized carbons (Fsp3) is 0.278. The quantitative estimate of drug-likeness (QED) is 0.626. The number of carbonyl (C=O) groups excluding carboxylic acids is 2. The van der Waals surface area contributed by atoms with Crippen molar-refractivity contribution < 1.29 is 14.0 Å². The summed E-state index contributed by atoms with van der Waals surface area (Å²) in [4.78, 5) is 24.2. The van der Waals surface area contributed by atoms with Crippen molar-refractivity contribution in [2.45, 2.75) is 26.2 Å². The van der Waals surface area contributed by atoms with Crippen molar-refractivity contribution in [2.24, 2.45) is 5.92 Å². The Hall–Kier alpha value is -2.87. The van der Waals surface area contributed by atoms with Gasteiger partial charge in [0.05, 0.1) is 17.9 Å². The number of Topliss-reactive ketones (excluding diaryl/α,β-unsaturated/α-hetero) is 1. The fourth-order valence-electron chi connectivity index (χ4n) is 2.16. The number of aryl methyl sites for hydroxylation is 1. The van der Waals surface area contributed by atoms with Crippen molar-refractivity contribution in [3.63, 3.8) is 0 Å². The molecule has 118 valence electrons. The van der Waals surface area contributed by atoms with Crippen LogP contribution in [0.1, 0.15) is 35.7 Å². The number of hydrogen-bond acceptors (Lipinski definition) is 4. The molecular formula is C18H18N2O3. The van der Waals surface area contributed by atoms with E-state index in [-0.39, 0.29) is 5.56 Å². The third-order valence-corrected chi connectivity index (χ3v) is 3.50. The number of unbranched alkanes of at least 4 members (excludes halogenated alkanes) is 1. The Morgan fingerprint density at radius 1 is 1.26 bits per heavy atom. The largest absolute Gasteiger partial charge is 0.472 e. The molecule has 0 bridgehead atoms. The molecule has 0 saturated carbocycles. The summed E-state index contributed by atoms with van der Waals surface area (Å²) in [5, 5.41) is 11.7. The third kappa shape index (κ3) is 4.30. The van der Waals surface area contributed by atoms with Gasteiger partial charge in [0, 0.05) is 5.69 Å². The van der Waals surface area contributed by atoms with Crippen LogP contribution in [0.15, 0.2) is 47.3 Å². The van der Waals surface area contributed by atoms with E-state index < -0.39 is 17.6 Å². The summed E-state index contributed by atoms with van der Waals surface area (Å²) < 4.78 is 4.81. The second-order valence-electron chi connectivity index (χ2n) is 5.23. The Labute approximate surface area is 134 Å². The van der Waals surface area contributed by atoms with Gasteiger partial charge >= 0.3 is 0 Å². The molecule has 0 unspecified atom stereocenters. The molecule has 1 atom stereocenters. The Morgan fingerprint density at radius 2 is 2.00 bits per heavy atom. The molecule has 23 heavy (non-hydrogen) atoms. The first-order valence-electron chi connectivity index (χ1n) is 7.51. The van der Waals surface area contributed by atoms with Crippen LogP contribution in [0.4, 0.5) is 5.69 Å². The van der Waals surface area contributed by atoms with E-state index in [0.717, 1.165) is 19.3 Å². The van der Waals surface area contributed by atoms with Crippen molar-refractivity contribution in [2.75, 3.05) is 5.32 Å². The summed E-state index contributed by atoms with van der Waals surface area (Å²) in [6, 6.07) is 10.6. The van der Waals surface area contributed by atoms with Gasteiger partial charge < -0.3 is 9.73 Å². The van der Waals surface area contributed by atoms with Gasteiger partial charge in [0.1, 0.15) is 6.26 Å². The molecule has 5 heteroatoms. The van der Waals surface area contributed by atoms with Crippen molar-refractivity contribution in [1.29, 1.82) is 5.26 Å². The van der Waals surface area contributed by atoms with Gasteiger partial charge in [-0.15, -0.1) is 0 Å². The lowest BCUT2D eigenvalue weighted by Crippen LogP contribution is -2.28. The zero-order valence-corrected chi connectivity index (χ0v) is 12.9. The molecule has 1 N–H and O–H groups in total. The zero-order chi connectivity index (χ0) is 16.7. The fourth-order valence-corrected chi connectivity index (χ4v) is 2.16. The van der Waals surface area contributed by atoms with Crippen LogP contribution in [-0.4, -0.2) is 11.7 Å². The average molecular weight is 310 g/mol. The molecule has 0 aliphatic rings. The van der Waals surface area contributed by atoms with Crippen LogP contribution in [0.2, 0.25) is 0 Å². The molecule has 1 amide bonds. The number of amides is 1. The number of benzene rings is 1. The summed E-state index contributed by atoms with van der Waals surface area (Å²) >= 11 is 0. The second-order valence-corrected chi connectivity index (χ2v) is 5.23. The molecule has 1 heterocycles. The molecule has 0 radical (unpaired) electrons. The van der Waals surface area contributed by atoms with Crippen LogP contribution in [0.5, 0.6) is 0 Å². The molecule has 0 saturated heterocycles. The van der Waals surface area contributed by atoms with Gasteiger partial charge in [0.15, 0.2) is 11.7 Å². The van der Waals surface area contributed by atoms with E-state index in [1.54, 1.807) is 18.2 Å². The van der Waals surface area contributed by atoms with E-state index in [0.29, 0.717) is 5.69 Å². The number of ketones is 1. The maximum Gasteiger partial charge on any atom is 0.249 e. The van der Waals surface area contributed by atoms with Gasteiger partial charge in [0.25, 0.3) is 0 Å². The molecule has 0 aliphatic carbocycles. The standard InChI is InChI=1S/C18H18N2O3/c1-2-3-4-13-5-7-15(8-6-13)20-18(22)16(11-19)17(21)14-9-10-23-12-14/h5-10,12,16H,2-4H2,1H3,(H,20,22)/t16-/m0/s1. The average Bonchev–Trinajstić information content (AvgIpc) is 3.09. The number of furan rings is 1. The molecule has 0 fully saturated rings. The van der Waals surface area contributed by atoms with E-state index in [9.17, 15) is 9.59 Å². The number of nitrogens with zero attached hydrogens (tertiary/aromatic N) is 1. The first-order chi connectivity index (χ1) is 11.2. The van der Waals surface area contributed by atoms with Crippen LogP contribution in [-0.2, 0) is 11.2 Å². The summed E-state index contributed by atoms with van der Waals surface area (Å²) in [5.74, 6) is -2.61. The summed E-state index contributed by atoms with van der Waals surface area (Å²) in [5.41, 5.74) is 1.97. The van der Waals surface area contributed by atoms with Crippen molar-refractivity contribution in [1.82, 2.24) is 0 Å². The topological polar surface area (TPSA) is 83.1 Å². The van der Waals surface area contributed by atoms with Crippen LogP contribution < -0.4 is 5.32 Å². The Morgan fingerprint density at radius 3 is 2.57 bits per heavy atom. The maximum atomic E-state index is 12.2. The lowest BCUT2D eigenvalue weighted by atomic mass is 10.00. The normalized spacial score (nSPS) is 11.5. The Kier molecular flexibility index (Phi) is 5.70. The van der Waals surface area contributed by atoms with E-state index in [1.807, 2.05) is 12.1 Å². The minimum atomic E-state index is -1.40. The summed E-state index contributed by atoms with van der Waals surface area (Å²) in [6.07, 6.45) is 5.78. The molecule has 2 aromatic rings. The molecule has 1 aromatic heterocycles. The van der Waals surface area contributed by atoms with Gasteiger partial charge in [-0.05, 0) is 36.6 Å². The van der Waals surface area contributed by atoms with Gasteiger partial charge in [0.2, 0.25) is 5.91 Å². The highest BCUT2D eigenvalue weighted by molar-refractivity contribution is 6.15. The molecule has 1 aromatic carbocycles. The van der Waals surface area contributed by atoms with Crippen LogP contribution in [0.25, 0.3) is 0 Å². The zero-order valence-electron chi connectivity index (χ0n) is 12.9. The number of nitrogens with one attached hydrogen (secondary N) is 1. The number of anilines is 1. The number of nitriles is 1. The van der Waals surface area contributed by atoms with Crippen molar-refractivity contribution in [3.8, 4) is 6.07 Å². The highest BCUT2D eigenvalue weighted by Crippen LogP contribution is 2.15. The van der Waals surface area contributed by atoms with Gasteiger partial charge in [-0.25, -0.2) is 0 Å². The summed E-state index contributed by atoms with van der Waals surface area (Å²) in [7, 11) is 0. The number of hydrogen-bond donors (Lipinski definition) is 1. The van der Waals surface area contributed by atoms with E-state index >= 15 is 0 Å².